The number of aliphatic carboxylic acids is 1. The van der Waals surface area contributed by atoms with E-state index >= 15 is 0 Å². The van der Waals surface area contributed by atoms with Crippen LogP contribution < -0.4 is 5.32 Å². The minimum atomic E-state index is -0.829. The second kappa shape index (κ2) is 5.87. The summed E-state index contributed by atoms with van der Waals surface area (Å²) in [6.45, 7) is 4.70. The molecule has 0 radical (unpaired) electrons. The Morgan fingerprint density at radius 2 is 1.96 bits per heavy atom. The van der Waals surface area contributed by atoms with E-state index in [1.54, 1.807) is 11.8 Å². The van der Waals surface area contributed by atoms with Gasteiger partial charge in [0, 0.05) is 13.1 Å². The second-order valence-corrected chi connectivity index (χ2v) is 7.15. The molecule has 2 aliphatic rings. The first-order valence-electron chi connectivity index (χ1n) is 8.28. The third kappa shape index (κ3) is 2.92. The van der Waals surface area contributed by atoms with Crippen molar-refractivity contribution in [2.24, 2.45) is 5.41 Å². The van der Waals surface area contributed by atoms with Crippen molar-refractivity contribution < 1.29 is 14.7 Å². The first-order valence-corrected chi connectivity index (χ1v) is 8.28. The number of carbonyl (C=O) groups excluding carboxylic acids is 1. The molecule has 0 aromatic heterocycles. The Bertz CT molecular complexity index is 630. The first-order chi connectivity index (χ1) is 10.9. The molecule has 124 valence electrons. The maximum atomic E-state index is 12.5. The van der Waals surface area contributed by atoms with Gasteiger partial charge in [-0.25, -0.2) is 4.79 Å². The summed E-state index contributed by atoms with van der Waals surface area (Å²) < 4.78 is 0. The van der Waals surface area contributed by atoms with Gasteiger partial charge < -0.3 is 15.3 Å². The van der Waals surface area contributed by atoms with Crippen LogP contribution in [0.3, 0.4) is 0 Å². The van der Waals surface area contributed by atoms with Crippen molar-refractivity contribution in [1.29, 1.82) is 0 Å². The van der Waals surface area contributed by atoms with Crippen LogP contribution in [0, 0.1) is 5.41 Å². The van der Waals surface area contributed by atoms with E-state index in [0.29, 0.717) is 18.9 Å². The van der Waals surface area contributed by atoms with Gasteiger partial charge in [-0.1, -0.05) is 31.2 Å². The molecule has 2 N–H and O–H groups in total. The van der Waals surface area contributed by atoms with E-state index in [0.717, 1.165) is 12.8 Å². The zero-order valence-electron chi connectivity index (χ0n) is 13.7. The smallest absolute Gasteiger partial charge is 0.317 e. The lowest BCUT2D eigenvalue weighted by Gasteiger charge is -2.31. The van der Waals surface area contributed by atoms with Crippen molar-refractivity contribution in [2.45, 2.75) is 45.1 Å². The first kappa shape index (κ1) is 15.8. The number of carboxylic acid groups (broad SMARTS) is 1. The molecule has 1 aromatic rings. The third-order valence-electron chi connectivity index (χ3n) is 5.37. The van der Waals surface area contributed by atoms with Crippen molar-refractivity contribution >= 4 is 12.0 Å². The van der Waals surface area contributed by atoms with Gasteiger partial charge in [-0.2, -0.15) is 0 Å². The fraction of sp³-hybridized carbons (Fsp3) is 0.556. The molecule has 1 saturated heterocycles. The summed E-state index contributed by atoms with van der Waals surface area (Å²) in [5.74, 6) is -0.314. The van der Waals surface area contributed by atoms with Gasteiger partial charge >= 0.3 is 12.0 Å². The van der Waals surface area contributed by atoms with Crippen molar-refractivity contribution in [3.63, 3.8) is 0 Å². The largest absolute Gasteiger partial charge is 0.481 e. The lowest BCUT2D eigenvalue weighted by Crippen LogP contribution is -2.43. The maximum absolute atomic E-state index is 12.5. The molecule has 1 aromatic carbocycles. The number of rotatable bonds is 2. The van der Waals surface area contributed by atoms with Crippen LogP contribution in [-0.4, -0.2) is 35.1 Å². The monoisotopic (exact) mass is 316 g/mol. The molecule has 1 aliphatic carbocycles. The number of nitrogens with one attached hydrogen (secondary N) is 1. The molecule has 5 nitrogen and oxygen atoms in total. The van der Waals surface area contributed by atoms with E-state index in [9.17, 15) is 14.7 Å². The number of hydrogen-bond acceptors (Lipinski definition) is 2. The van der Waals surface area contributed by atoms with Gasteiger partial charge in [0.1, 0.15) is 0 Å². The Kier molecular flexibility index (Phi) is 4.04. The van der Waals surface area contributed by atoms with Crippen molar-refractivity contribution in [1.82, 2.24) is 10.2 Å². The van der Waals surface area contributed by atoms with Gasteiger partial charge in [-0.05, 0) is 43.2 Å². The molecular formula is C18H24N2O3. The van der Waals surface area contributed by atoms with Crippen LogP contribution in [0.1, 0.15) is 56.2 Å². The molecule has 0 saturated carbocycles. The molecule has 0 bridgehead atoms. The topological polar surface area (TPSA) is 69.6 Å². The summed E-state index contributed by atoms with van der Waals surface area (Å²) in [5, 5.41) is 12.4. The molecule has 3 rings (SSSR count). The van der Waals surface area contributed by atoms with Crippen LogP contribution in [0.4, 0.5) is 4.79 Å². The highest BCUT2D eigenvalue weighted by Gasteiger charge is 2.42. The molecule has 2 amide bonds. The van der Waals surface area contributed by atoms with E-state index < -0.39 is 11.4 Å². The molecule has 1 fully saturated rings. The lowest BCUT2D eigenvalue weighted by molar-refractivity contribution is -0.147. The molecule has 1 aliphatic heterocycles. The van der Waals surface area contributed by atoms with Crippen LogP contribution in [-0.2, 0) is 4.79 Å². The highest BCUT2D eigenvalue weighted by Crippen LogP contribution is 2.37. The molecule has 5 heteroatoms. The summed E-state index contributed by atoms with van der Waals surface area (Å²) in [5.41, 5.74) is 1.68. The number of benzene rings is 1. The maximum Gasteiger partial charge on any atom is 0.317 e. The molecule has 3 unspecified atom stereocenters. The standard InChI is InChI=1S/C18H24N2O3/c1-12-7-8-15(14-6-4-3-5-13(12)14)19-17(23)20-10-9-18(2,11-20)16(21)22/h3-6,12,15H,7-11H2,1-2H3,(H,19,23)(H,21,22). The molecular weight excluding hydrogens is 292 g/mol. The van der Waals surface area contributed by atoms with E-state index in [2.05, 4.69) is 24.4 Å². The SMILES string of the molecule is CC1CCC(NC(=O)N2CCC(C)(C(=O)O)C2)c2ccccc21. The number of urea groups is 1. The number of fused-ring (bicyclic) bond motifs is 1. The molecule has 3 atom stereocenters. The number of likely N-dealkylation sites (tertiary alicyclic amines) is 1. The Balaban J connectivity index is 1.70. The van der Waals surface area contributed by atoms with E-state index in [-0.39, 0.29) is 18.6 Å². The Morgan fingerprint density at radius 3 is 2.61 bits per heavy atom. The molecule has 0 spiro atoms. The Morgan fingerprint density at radius 1 is 1.26 bits per heavy atom. The fourth-order valence-electron chi connectivity index (χ4n) is 3.70. The van der Waals surface area contributed by atoms with Crippen LogP contribution in [0.5, 0.6) is 0 Å². The van der Waals surface area contributed by atoms with Gasteiger partial charge in [0.15, 0.2) is 0 Å². The third-order valence-corrected chi connectivity index (χ3v) is 5.37. The number of nitrogens with zero attached hydrogens (tertiary/aromatic N) is 1. The van der Waals surface area contributed by atoms with Crippen LogP contribution in [0.2, 0.25) is 0 Å². The summed E-state index contributed by atoms with van der Waals surface area (Å²) >= 11 is 0. The highest BCUT2D eigenvalue weighted by atomic mass is 16.4. The number of amides is 2. The van der Waals surface area contributed by atoms with Crippen LogP contribution in [0.15, 0.2) is 24.3 Å². The average Bonchev–Trinajstić information content (AvgIpc) is 2.94. The minimum absolute atomic E-state index is 0.0200. The summed E-state index contributed by atoms with van der Waals surface area (Å²) in [4.78, 5) is 25.5. The van der Waals surface area contributed by atoms with Crippen molar-refractivity contribution in [3.8, 4) is 0 Å². The quantitative estimate of drug-likeness (QED) is 0.880. The van der Waals surface area contributed by atoms with Crippen molar-refractivity contribution in [3.05, 3.63) is 35.4 Å². The zero-order valence-corrected chi connectivity index (χ0v) is 13.7. The number of carbonyl (C=O) groups is 2. The van der Waals surface area contributed by atoms with Crippen LogP contribution >= 0.6 is 0 Å². The second-order valence-electron chi connectivity index (χ2n) is 7.15. The fourth-order valence-corrected chi connectivity index (χ4v) is 3.70. The van der Waals surface area contributed by atoms with E-state index in [1.165, 1.54) is 11.1 Å². The summed E-state index contributed by atoms with van der Waals surface area (Å²) in [6.07, 6.45) is 2.48. The average molecular weight is 316 g/mol. The minimum Gasteiger partial charge on any atom is -0.481 e. The predicted molar refractivity (Wildman–Crippen MR) is 87.3 cm³/mol. The normalized spacial score (nSPS) is 29.9. The van der Waals surface area contributed by atoms with E-state index in [1.807, 2.05) is 12.1 Å². The van der Waals surface area contributed by atoms with Gasteiger partial charge in [0.25, 0.3) is 0 Å². The number of carboxylic acids is 1. The predicted octanol–water partition coefficient (Wildman–Crippen LogP) is 3.13. The molecule has 23 heavy (non-hydrogen) atoms. The zero-order chi connectivity index (χ0) is 16.6. The van der Waals surface area contributed by atoms with Gasteiger partial charge in [-0.3, -0.25) is 4.79 Å². The van der Waals surface area contributed by atoms with Gasteiger partial charge in [-0.15, -0.1) is 0 Å². The summed E-state index contributed by atoms with van der Waals surface area (Å²) in [6, 6.07) is 8.14. The van der Waals surface area contributed by atoms with Gasteiger partial charge in [0.05, 0.1) is 11.5 Å². The molecule has 1 heterocycles. The van der Waals surface area contributed by atoms with Crippen molar-refractivity contribution in [2.75, 3.05) is 13.1 Å². The summed E-state index contributed by atoms with van der Waals surface area (Å²) in [7, 11) is 0. The van der Waals surface area contributed by atoms with E-state index in [4.69, 9.17) is 0 Å². The lowest BCUT2D eigenvalue weighted by atomic mass is 9.81. The van der Waals surface area contributed by atoms with Gasteiger partial charge in [0.2, 0.25) is 0 Å². The van der Waals surface area contributed by atoms with Crippen LogP contribution in [0.25, 0.3) is 0 Å². The Hall–Kier alpha value is -2.04. The highest BCUT2D eigenvalue weighted by molar-refractivity contribution is 5.79. The number of hydrogen-bond donors (Lipinski definition) is 2. The Labute approximate surface area is 136 Å².